The molecule has 2 aromatic carbocycles. The van der Waals surface area contributed by atoms with Crippen LogP contribution in [0.4, 0.5) is 0 Å². The van der Waals surface area contributed by atoms with Crippen LogP contribution in [0, 0.1) is 0 Å². The lowest BCUT2D eigenvalue weighted by molar-refractivity contribution is 0.174. The van der Waals surface area contributed by atoms with Crippen LogP contribution < -0.4 is 29.6 Å². The third-order valence-corrected chi connectivity index (χ3v) is 5.08. The average molecular weight is 556 g/mol. The molecule has 0 fully saturated rings. The molecule has 0 bridgehead atoms. The van der Waals surface area contributed by atoms with Crippen molar-refractivity contribution in [1.82, 2.24) is 15.5 Å². The molecule has 0 amide bonds. The van der Waals surface area contributed by atoms with Gasteiger partial charge in [0.15, 0.2) is 29.0 Å². The van der Waals surface area contributed by atoms with Crippen molar-refractivity contribution in [2.45, 2.75) is 19.5 Å². The molecule has 32 heavy (non-hydrogen) atoms. The molecular formula is C23H33IN4O4. The van der Waals surface area contributed by atoms with Crippen LogP contribution >= 0.6 is 24.0 Å². The second kappa shape index (κ2) is 12.6. The number of rotatable bonds is 9. The van der Waals surface area contributed by atoms with Crippen LogP contribution in [0.2, 0.25) is 0 Å². The number of nitrogens with zero attached hydrogens (tertiary/aromatic N) is 2. The van der Waals surface area contributed by atoms with E-state index in [4.69, 9.17) is 23.9 Å². The summed E-state index contributed by atoms with van der Waals surface area (Å²) in [4.78, 5) is 6.89. The first kappa shape index (κ1) is 25.9. The van der Waals surface area contributed by atoms with Crippen molar-refractivity contribution in [3.05, 3.63) is 47.5 Å². The standard InChI is InChI=1S/C23H32N4O4.HI/c1-6-24-23(25-13-16-7-9-20-22(11-16)31-15-30-20)26-14-18(27(2)3)17-8-10-19(28-4)21(12-17)29-5;/h7-12,18H,6,13-15H2,1-5H3,(H2,24,25,26);1H. The Kier molecular flexibility index (Phi) is 10.2. The molecule has 9 heteroatoms. The number of halogens is 1. The summed E-state index contributed by atoms with van der Waals surface area (Å²) >= 11 is 0. The maximum absolute atomic E-state index is 5.47. The molecule has 0 aliphatic carbocycles. The number of guanidine groups is 1. The first-order valence-electron chi connectivity index (χ1n) is 10.3. The van der Waals surface area contributed by atoms with E-state index in [1.54, 1.807) is 14.2 Å². The van der Waals surface area contributed by atoms with Gasteiger partial charge in [-0.2, -0.15) is 0 Å². The molecule has 176 valence electrons. The van der Waals surface area contributed by atoms with Gasteiger partial charge in [0.25, 0.3) is 0 Å². The molecule has 0 aromatic heterocycles. The summed E-state index contributed by atoms with van der Waals surface area (Å²) in [7, 11) is 7.40. The smallest absolute Gasteiger partial charge is 0.231 e. The molecule has 0 saturated heterocycles. The Balaban J connectivity index is 0.00000363. The summed E-state index contributed by atoms with van der Waals surface area (Å²) < 4.78 is 21.7. The second-order valence-corrected chi connectivity index (χ2v) is 7.36. The fraction of sp³-hybridized carbons (Fsp3) is 0.435. The van der Waals surface area contributed by atoms with Gasteiger partial charge in [0.2, 0.25) is 6.79 Å². The van der Waals surface area contributed by atoms with E-state index in [1.807, 2.05) is 30.3 Å². The van der Waals surface area contributed by atoms with Gasteiger partial charge in [-0.3, -0.25) is 0 Å². The maximum Gasteiger partial charge on any atom is 0.231 e. The summed E-state index contributed by atoms with van der Waals surface area (Å²) in [6, 6.07) is 12.0. The lowest BCUT2D eigenvalue weighted by Gasteiger charge is -2.26. The number of fused-ring (bicyclic) bond motifs is 1. The van der Waals surface area contributed by atoms with Crippen molar-refractivity contribution < 1.29 is 18.9 Å². The van der Waals surface area contributed by atoms with E-state index < -0.39 is 0 Å². The normalized spacial score (nSPS) is 13.4. The van der Waals surface area contributed by atoms with Crippen molar-refractivity contribution >= 4 is 29.9 Å². The number of methoxy groups -OCH3 is 2. The number of likely N-dealkylation sites (N-methyl/N-ethyl adjacent to an activating group) is 1. The maximum atomic E-state index is 5.47. The molecule has 0 saturated carbocycles. The van der Waals surface area contributed by atoms with Crippen molar-refractivity contribution in [3.8, 4) is 23.0 Å². The highest BCUT2D eigenvalue weighted by molar-refractivity contribution is 14.0. The average Bonchev–Trinajstić information content (AvgIpc) is 3.25. The highest BCUT2D eigenvalue weighted by Crippen LogP contribution is 2.33. The van der Waals surface area contributed by atoms with Crippen LogP contribution in [0.25, 0.3) is 0 Å². The Labute approximate surface area is 207 Å². The minimum absolute atomic E-state index is 0. The Morgan fingerprint density at radius 2 is 1.78 bits per heavy atom. The van der Waals surface area contributed by atoms with Crippen LogP contribution in [0.15, 0.2) is 41.4 Å². The minimum Gasteiger partial charge on any atom is -0.493 e. The first-order chi connectivity index (χ1) is 15.0. The van der Waals surface area contributed by atoms with Gasteiger partial charge < -0.3 is 34.5 Å². The molecule has 1 aliphatic heterocycles. The Morgan fingerprint density at radius 3 is 2.47 bits per heavy atom. The van der Waals surface area contributed by atoms with Crippen LogP contribution in [0.3, 0.4) is 0 Å². The lowest BCUT2D eigenvalue weighted by Crippen LogP contribution is -2.41. The molecular weight excluding hydrogens is 523 g/mol. The third kappa shape index (κ3) is 6.55. The predicted octanol–water partition coefficient (Wildman–Crippen LogP) is 3.41. The van der Waals surface area contributed by atoms with Crippen LogP contribution in [-0.4, -0.2) is 59.1 Å². The second-order valence-electron chi connectivity index (χ2n) is 7.36. The van der Waals surface area contributed by atoms with Gasteiger partial charge in [-0.15, -0.1) is 24.0 Å². The van der Waals surface area contributed by atoms with E-state index in [0.717, 1.165) is 46.6 Å². The Morgan fingerprint density at radius 1 is 1.03 bits per heavy atom. The summed E-state index contributed by atoms with van der Waals surface area (Å²) in [5, 5.41) is 6.77. The molecule has 2 aromatic rings. The summed E-state index contributed by atoms with van der Waals surface area (Å²) in [5.41, 5.74) is 2.19. The van der Waals surface area contributed by atoms with Gasteiger partial charge in [0.1, 0.15) is 0 Å². The number of hydrogen-bond acceptors (Lipinski definition) is 6. The zero-order chi connectivity index (χ0) is 22.2. The summed E-state index contributed by atoms with van der Waals surface area (Å²) in [6.07, 6.45) is 0. The molecule has 3 rings (SSSR count). The van der Waals surface area contributed by atoms with Crippen LogP contribution in [0.5, 0.6) is 23.0 Å². The van der Waals surface area contributed by atoms with Crippen molar-refractivity contribution in [2.75, 3.05) is 48.2 Å². The van der Waals surface area contributed by atoms with Gasteiger partial charge in [-0.25, -0.2) is 4.99 Å². The van der Waals surface area contributed by atoms with Gasteiger partial charge in [-0.05, 0) is 56.4 Å². The number of nitrogens with one attached hydrogen (secondary N) is 2. The quantitative estimate of drug-likeness (QED) is 0.279. The van der Waals surface area contributed by atoms with E-state index >= 15 is 0 Å². The van der Waals surface area contributed by atoms with Crippen molar-refractivity contribution in [3.63, 3.8) is 0 Å². The Hall–Kier alpha value is -2.40. The molecule has 2 N–H and O–H groups in total. The minimum atomic E-state index is 0. The highest BCUT2D eigenvalue weighted by Gasteiger charge is 2.17. The molecule has 1 heterocycles. The molecule has 0 spiro atoms. The SMILES string of the molecule is CCNC(=NCc1ccc2c(c1)OCO2)NCC(c1ccc(OC)c(OC)c1)N(C)C.I. The van der Waals surface area contributed by atoms with Gasteiger partial charge >= 0.3 is 0 Å². The molecule has 1 unspecified atom stereocenters. The Bertz CT molecular complexity index is 908. The number of benzene rings is 2. The van der Waals surface area contributed by atoms with E-state index in [-0.39, 0.29) is 36.8 Å². The fourth-order valence-electron chi connectivity index (χ4n) is 3.40. The first-order valence-corrected chi connectivity index (χ1v) is 10.3. The van der Waals surface area contributed by atoms with Gasteiger partial charge in [0.05, 0.1) is 26.8 Å². The molecule has 0 radical (unpaired) electrons. The number of ether oxygens (including phenoxy) is 4. The van der Waals surface area contributed by atoms with Crippen molar-refractivity contribution in [2.24, 2.45) is 4.99 Å². The zero-order valence-electron chi connectivity index (χ0n) is 19.3. The zero-order valence-corrected chi connectivity index (χ0v) is 21.6. The van der Waals surface area contributed by atoms with E-state index in [2.05, 4.69) is 42.6 Å². The van der Waals surface area contributed by atoms with Gasteiger partial charge in [-0.1, -0.05) is 12.1 Å². The summed E-state index contributed by atoms with van der Waals surface area (Å²) in [6.45, 7) is 4.31. The molecule has 1 atom stereocenters. The number of hydrogen-bond donors (Lipinski definition) is 2. The fourth-order valence-corrected chi connectivity index (χ4v) is 3.40. The van der Waals surface area contributed by atoms with Crippen LogP contribution in [-0.2, 0) is 6.54 Å². The van der Waals surface area contributed by atoms with E-state index in [9.17, 15) is 0 Å². The molecule has 8 nitrogen and oxygen atoms in total. The lowest BCUT2D eigenvalue weighted by atomic mass is 10.1. The van der Waals surface area contributed by atoms with Crippen LogP contribution in [0.1, 0.15) is 24.1 Å². The largest absolute Gasteiger partial charge is 0.493 e. The topological polar surface area (TPSA) is 76.6 Å². The van der Waals surface area contributed by atoms with Gasteiger partial charge in [0, 0.05) is 13.1 Å². The van der Waals surface area contributed by atoms with E-state index in [1.165, 1.54) is 0 Å². The van der Waals surface area contributed by atoms with E-state index in [0.29, 0.717) is 13.1 Å². The predicted molar refractivity (Wildman–Crippen MR) is 137 cm³/mol. The monoisotopic (exact) mass is 556 g/mol. The number of aliphatic imine (C=N–C) groups is 1. The third-order valence-electron chi connectivity index (χ3n) is 5.08. The highest BCUT2D eigenvalue weighted by atomic mass is 127. The van der Waals surface area contributed by atoms with Crippen molar-refractivity contribution in [1.29, 1.82) is 0 Å². The summed E-state index contributed by atoms with van der Waals surface area (Å²) in [5.74, 6) is 3.74. The molecule has 1 aliphatic rings.